The number of rotatable bonds is 2. The predicted octanol–water partition coefficient (Wildman–Crippen LogP) is 3.72. The van der Waals surface area contributed by atoms with E-state index < -0.39 is 0 Å². The van der Waals surface area contributed by atoms with Gasteiger partial charge in [0.15, 0.2) is 0 Å². The summed E-state index contributed by atoms with van der Waals surface area (Å²) in [5.74, 6) is -0.304. The third-order valence-corrected chi connectivity index (χ3v) is 4.70. The smallest absolute Gasteiger partial charge is 0.240 e. The fourth-order valence-corrected chi connectivity index (χ4v) is 3.46. The quantitative estimate of drug-likeness (QED) is 0.849. The van der Waals surface area contributed by atoms with Crippen molar-refractivity contribution in [3.05, 3.63) is 59.4 Å². The Morgan fingerprint density at radius 1 is 1.27 bits per heavy atom. The molecule has 0 spiro atoms. The van der Waals surface area contributed by atoms with Crippen LogP contribution in [0.2, 0.25) is 0 Å². The number of thioether (sulfide) groups is 1. The molecule has 1 aliphatic rings. The van der Waals surface area contributed by atoms with Crippen LogP contribution in [0, 0.1) is 17.1 Å². The first kappa shape index (κ1) is 14.6. The summed E-state index contributed by atoms with van der Waals surface area (Å²) in [6, 6.07) is 13.6. The van der Waals surface area contributed by atoms with Crippen LogP contribution in [0.3, 0.4) is 0 Å². The van der Waals surface area contributed by atoms with Crippen molar-refractivity contribution in [1.29, 1.82) is 5.26 Å². The van der Waals surface area contributed by atoms with Gasteiger partial charge in [-0.25, -0.2) is 4.39 Å². The van der Waals surface area contributed by atoms with Crippen LogP contribution in [0.15, 0.2) is 47.4 Å². The lowest BCUT2D eigenvalue weighted by atomic mass is 10.1. The van der Waals surface area contributed by atoms with Crippen molar-refractivity contribution in [1.82, 2.24) is 0 Å². The molecule has 1 aliphatic heterocycles. The van der Waals surface area contributed by atoms with Gasteiger partial charge in [0.2, 0.25) is 5.91 Å². The van der Waals surface area contributed by atoms with Gasteiger partial charge in [0.05, 0.1) is 29.1 Å². The van der Waals surface area contributed by atoms with Gasteiger partial charge in [-0.15, -0.1) is 11.8 Å². The molecule has 2 aromatic carbocycles. The topological polar surface area (TPSA) is 44.1 Å². The van der Waals surface area contributed by atoms with Crippen molar-refractivity contribution in [2.24, 2.45) is 0 Å². The number of hydrogen-bond donors (Lipinski definition) is 0. The molecule has 1 heterocycles. The number of carbonyl (C=O) groups is 1. The SMILES string of the molecule is CC1Sc2ccc(C#N)cc2N(Cc2ccc(F)cc2)C1=O. The summed E-state index contributed by atoms with van der Waals surface area (Å²) in [5.41, 5.74) is 2.12. The summed E-state index contributed by atoms with van der Waals surface area (Å²) < 4.78 is 13.0. The highest BCUT2D eigenvalue weighted by Gasteiger charge is 2.30. The third kappa shape index (κ3) is 2.70. The summed E-state index contributed by atoms with van der Waals surface area (Å²) in [5, 5.41) is 8.88. The molecule has 0 saturated heterocycles. The van der Waals surface area contributed by atoms with E-state index in [0.29, 0.717) is 12.1 Å². The molecule has 3 nitrogen and oxygen atoms in total. The molecular formula is C17H13FN2OS. The molecule has 1 amide bonds. The minimum Gasteiger partial charge on any atom is -0.306 e. The van der Waals surface area contributed by atoms with E-state index in [2.05, 4.69) is 6.07 Å². The average molecular weight is 312 g/mol. The van der Waals surface area contributed by atoms with Gasteiger partial charge in [0, 0.05) is 4.90 Å². The molecule has 5 heteroatoms. The Balaban J connectivity index is 2.00. The highest BCUT2D eigenvalue weighted by atomic mass is 32.2. The zero-order chi connectivity index (χ0) is 15.7. The fraction of sp³-hybridized carbons (Fsp3) is 0.176. The average Bonchev–Trinajstić information content (AvgIpc) is 2.53. The van der Waals surface area contributed by atoms with Crippen molar-refractivity contribution in [2.45, 2.75) is 23.6 Å². The zero-order valence-electron chi connectivity index (χ0n) is 11.9. The molecule has 3 rings (SSSR count). The van der Waals surface area contributed by atoms with E-state index in [9.17, 15) is 9.18 Å². The maximum absolute atomic E-state index is 13.0. The summed E-state index contributed by atoms with van der Waals surface area (Å²) in [7, 11) is 0. The van der Waals surface area contributed by atoms with Crippen molar-refractivity contribution in [2.75, 3.05) is 4.90 Å². The molecule has 0 bridgehead atoms. The van der Waals surface area contributed by atoms with E-state index in [-0.39, 0.29) is 17.0 Å². The number of halogens is 1. The zero-order valence-corrected chi connectivity index (χ0v) is 12.7. The largest absolute Gasteiger partial charge is 0.306 e. The van der Waals surface area contributed by atoms with Gasteiger partial charge in [-0.3, -0.25) is 4.79 Å². The Bertz CT molecular complexity index is 767. The second-order valence-corrected chi connectivity index (χ2v) is 6.49. The Morgan fingerprint density at radius 3 is 2.68 bits per heavy atom. The van der Waals surface area contributed by atoms with Crippen LogP contribution in [0.5, 0.6) is 0 Å². The van der Waals surface area contributed by atoms with E-state index in [0.717, 1.165) is 16.1 Å². The second kappa shape index (κ2) is 5.82. The van der Waals surface area contributed by atoms with Gasteiger partial charge in [0.25, 0.3) is 0 Å². The van der Waals surface area contributed by atoms with E-state index in [4.69, 9.17) is 5.26 Å². The number of benzene rings is 2. The van der Waals surface area contributed by atoms with E-state index in [1.807, 2.05) is 13.0 Å². The standard InChI is InChI=1S/C17H13FN2OS/c1-11-17(21)20(10-12-2-5-14(18)6-3-12)15-8-13(9-19)4-7-16(15)22-11/h2-8,11H,10H2,1H3. The van der Waals surface area contributed by atoms with E-state index in [1.165, 1.54) is 23.9 Å². The Kier molecular flexibility index (Phi) is 3.86. The van der Waals surface area contributed by atoms with Gasteiger partial charge < -0.3 is 4.90 Å². The first-order valence-corrected chi connectivity index (χ1v) is 7.73. The van der Waals surface area contributed by atoms with E-state index in [1.54, 1.807) is 29.2 Å². The Hall–Kier alpha value is -2.32. The lowest BCUT2D eigenvalue weighted by Crippen LogP contribution is -2.39. The van der Waals surface area contributed by atoms with Gasteiger partial charge in [-0.2, -0.15) is 5.26 Å². The summed E-state index contributed by atoms with van der Waals surface area (Å²) in [4.78, 5) is 15.2. The highest BCUT2D eigenvalue weighted by Crippen LogP contribution is 2.40. The first-order chi connectivity index (χ1) is 10.6. The van der Waals surface area contributed by atoms with Crippen molar-refractivity contribution in [3.63, 3.8) is 0 Å². The number of nitrogens with zero attached hydrogens (tertiary/aromatic N) is 2. The highest BCUT2D eigenvalue weighted by molar-refractivity contribution is 8.00. The van der Waals surface area contributed by atoms with Crippen LogP contribution in [0.1, 0.15) is 18.1 Å². The molecule has 0 fully saturated rings. The molecule has 1 atom stereocenters. The summed E-state index contributed by atoms with van der Waals surface area (Å²) in [6.07, 6.45) is 0. The van der Waals surface area contributed by atoms with Crippen molar-refractivity contribution in [3.8, 4) is 6.07 Å². The molecule has 0 radical (unpaired) electrons. The lowest BCUT2D eigenvalue weighted by molar-refractivity contribution is -0.118. The minimum absolute atomic E-state index is 0.00286. The van der Waals surface area contributed by atoms with Gasteiger partial charge >= 0.3 is 0 Å². The maximum Gasteiger partial charge on any atom is 0.240 e. The molecule has 0 saturated carbocycles. The summed E-state index contributed by atoms with van der Waals surface area (Å²) in [6.45, 7) is 2.23. The minimum atomic E-state index is -0.301. The van der Waals surface area contributed by atoms with Crippen LogP contribution >= 0.6 is 11.8 Å². The number of carbonyl (C=O) groups excluding carboxylic acids is 1. The van der Waals surface area contributed by atoms with Crippen LogP contribution < -0.4 is 4.90 Å². The van der Waals surface area contributed by atoms with Crippen LogP contribution in [-0.2, 0) is 11.3 Å². The molecule has 0 aromatic heterocycles. The van der Waals surface area contributed by atoms with Crippen LogP contribution in [0.4, 0.5) is 10.1 Å². The molecule has 22 heavy (non-hydrogen) atoms. The van der Waals surface area contributed by atoms with Gasteiger partial charge in [-0.1, -0.05) is 12.1 Å². The monoisotopic (exact) mass is 312 g/mol. The van der Waals surface area contributed by atoms with Crippen molar-refractivity contribution < 1.29 is 9.18 Å². The molecular weight excluding hydrogens is 299 g/mol. The molecule has 110 valence electrons. The van der Waals surface area contributed by atoms with Crippen LogP contribution in [0.25, 0.3) is 0 Å². The van der Waals surface area contributed by atoms with Crippen LogP contribution in [-0.4, -0.2) is 11.2 Å². The number of amides is 1. The number of hydrogen-bond acceptors (Lipinski definition) is 3. The number of fused-ring (bicyclic) bond motifs is 1. The molecule has 2 aromatic rings. The molecule has 0 N–H and O–H groups in total. The summed E-state index contributed by atoms with van der Waals surface area (Å²) >= 11 is 1.50. The van der Waals surface area contributed by atoms with Gasteiger partial charge in [0.1, 0.15) is 5.82 Å². The predicted molar refractivity (Wildman–Crippen MR) is 84.1 cm³/mol. The Morgan fingerprint density at radius 2 is 2.00 bits per heavy atom. The third-order valence-electron chi connectivity index (χ3n) is 3.55. The fourth-order valence-electron chi connectivity index (χ4n) is 2.41. The first-order valence-electron chi connectivity index (χ1n) is 6.85. The maximum atomic E-state index is 13.0. The van der Waals surface area contributed by atoms with E-state index >= 15 is 0 Å². The molecule has 1 unspecified atom stereocenters. The Labute approximate surface area is 132 Å². The lowest BCUT2D eigenvalue weighted by Gasteiger charge is -2.32. The van der Waals surface area contributed by atoms with Crippen molar-refractivity contribution >= 4 is 23.4 Å². The normalized spacial score (nSPS) is 17.0. The number of anilines is 1. The number of nitriles is 1. The second-order valence-electron chi connectivity index (χ2n) is 5.11. The molecule has 0 aliphatic carbocycles. The van der Waals surface area contributed by atoms with Gasteiger partial charge in [-0.05, 0) is 42.8 Å².